The number of nitrogens with one attached hydrogen (secondary N) is 2. The van der Waals surface area contributed by atoms with Crippen LogP contribution in [0.4, 0.5) is 52.0 Å². The zero-order valence-electron chi connectivity index (χ0n) is 26.5. The highest BCUT2D eigenvalue weighted by Gasteiger charge is 2.17. The normalized spacial score (nSPS) is 13.0. The van der Waals surface area contributed by atoms with Crippen LogP contribution in [0.3, 0.4) is 0 Å². The molecule has 1 aromatic heterocycles. The molecular weight excluding hydrogens is 660 g/mol. The third kappa shape index (κ3) is 9.06. The molecule has 256 valence electrons. The molecule has 0 unspecified atom stereocenters. The van der Waals surface area contributed by atoms with E-state index >= 15 is 0 Å². The van der Waals surface area contributed by atoms with Crippen molar-refractivity contribution in [3.05, 3.63) is 108 Å². The SMILES string of the molecule is O=C(O)c1cccc(N=Nc2ccc(Nc3nc(Nc4ccc(N=Nc5cc(C(=O)O)cc(C(=O)O)c5)cc4)nc(N4CCOCC4)n3)cc2)c1. The number of carboxylic acids is 3. The molecule has 2 heterocycles. The first kappa shape index (κ1) is 33.7. The number of benzene rings is 4. The molecule has 0 aliphatic carbocycles. The Hall–Kier alpha value is -7.14. The van der Waals surface area contributed by atoms with Crippen LogP contribution in [0.1, 0.15) is 31.1 Å². The van der Waals surface area contributed by atoms with E-state index in [4.69, 9.17) is 4.74 Å². The van der Waals surface area contributed by atoms with Crippen molar-refractivity contribution in [2.24, 2.45) is 20.5 Å². The van der Waals surface area contributed by atoms with Crippen LogP contribution in [0, 0.1) is 0 Å². The maximum atomic E-state index is 11.4. The number of hydrogen-bond acceptors (Lipinski definition) is 14. The Morgan fingerprint density at radius 1 is 0.569 bits per heavy atom. The van der Waals surface area contributed by atoms with E-state index in [2.05, 4.69) is 46.0 Å². The van der Waals surface area contributed by atoms with E-state index in [0.717, 1.165) is 6.07 Å². The second-order valence-electron chi connectivity index (χ2n) is 10.9. The van der Waals surface area contributed by atoms with Gasteiger partial charge in [0.05, 0.1) is 52.7 Å². The number of ether oxygens (including phenoxy) is 1. The molecule has 0 radical (unpaired) electrons. The van der Waals surface area contributed by atoms with Gasteiger partial charge in [-0.15, -0.1) is 0 Å². The average molecular weight is 689 g/mol. The van der Waals surface area contributed by atoms with E-state index in [1.165, 1.54) is 24.3 Å². The van der Waals surface area contributed by atoms with Crippen molar-refractivity contribution in [1.82, 2.24) is 15.0 Å². The lowest BCUT2D eigenvalue weighted by molar-refractivity contribution is 0.0682. The fourth-order valence-corrected chi connectivity index (χ4v) is 4.71. The zero-order chi connectivity index (χ0) is 35.7. The molecule has 1 aliphatic rings. The highest BCUT2D eigenvalue weighted by atomic mass is 16.5. The summed E-state index contributed by atoms with van der Waals surface area (Å²) in [7, 11) is 0. The number of hydrogen-bond donors (Lipinski definition) is 5. The van der Waals surface area contributed by atoms with E-state index < -0.39 is 17.9 Å². The highest BCUT2D eigenvalue weighted by molar-refractivity contribution is 5.95. The third-order valence-corrected chi connectivity index (χ3v) is 7.23. The molecule has 51 heavy (non-hydrogen) atoms. The van der Waals surface area contributed by atoms with Crippen LogP contribution in [-0.2, 0) is 4.74 Å². The molecule has 4 aromatic carbocycles. The van der Waals surface area contributed by atoms with E-state index in [0.29, 0.717) is 60.7 Å². The van der Waals surface area contributed by atoms with Crippen molar-refractivity contribution in [3.8, 4) is 0 Å². The number of aromatic carboxylic acids is 3. The molecule has 1 fully saturated rings. The van der Waals surface area contributed by atoms with Crippen molar-refractivity contribution in [3.63, 3.8) is 0 Å². The molecule has 5 N–H and O–H groups in total. The Morgan fingerprint density at radius 2 is 1.04 bits per heavy atom. The predicted molar refractivity (Wildman–Crippen MR) is 184 cm³/mol. The van der Waals surface area contributed by atoms with Gasteiger partial charge in [-0.2, -0.15) is 35.4 Å². The summed E-state index contributed by atoms with van der Waals surface area (Å²) in [6, 6.07) is 23.5. The van der Waals surface area contributed by atoms with Gasteiger partial charge in [-0.05, 0) is 84.9 Å². The van der Waals surface area contributed by atoms with Crippen LogP contribution in [0.2, 0.25) is 0 Å². The average Bonchev–Trinajstić information content (AvgIpc) is 3.14. The van der Waals surface area contributed by atoms with Gasteiger partial charge >= 0.3 is 17.9 Å². The van der Waals surface area contributed by atoms with E-state index in [1.807, 2.05) is 4.90 Å². The van der Waals surface area contributed by atoms with Crippen LogP contribution < -0.4 is 15.5 Å². The Labute approximate surface area is 289 Å². The molecule has 0 saturated carbocycles. The summed E-state index contributed by atoms with van der Waals surface area (Å²) in [5, 5.41) is 50.6. The number of rotatable bonds is 12. The Kier molecular flexibility index (Phi) is 10.2. The maximum absolute atomic E-state index is 11.4. The Balaban J connectivity index is 1.17. The molecule has 6 rings (SSSR count). The summed E-state index contributed by atoms with van der Waals surface area (Å²) in [6.07, 6.45) is 0. The number of morpholine rings is 1. The van der Waals surface area contributed by atoms with Gasteiger partial charge in [0.1, 0.15) is 0 Å². The van der Waals surface area contributed by atoms with Gasteiger partial charge < -0.3 is 35.6 Å². The van der Waals surface area contributed by atoms with E-state index in [-0.39, 0.29) is 34.3 Å². The number of carbonyl (C=O) groups is 3. The zero-order valence-corrected chi connectivity index (χ0v) is 26.5. The van der Waals surface area contributed by atoms with Crippen LogP contribution in [0.25, 0.3) is 0 Å². The second-order valence-corrected chi connectivity index (χ2v) is 10.9. The largest absolute Gasteiger partial charge is 0.478 e. The lowest BCUT2D eigenvalue weighted by atomic mass is 10.1. The number of carboxylic acid groups (broad SMARTS) is 3. The number of nitrogens with zero attached hydrogens (tertiary/aromatic N) is 8. The third-order valence-electron chi connectivity index (χ3n) is 7.23. The monoisotopic (exact) mass is 688 g/mol. The maximum Gasteiger partial charge on any atom is 0.335 e. The van der Waals surface area contributed by atoms with Crippen molar-refractivity contribution >= 4 is 69.9 Å². The fourth-order valence-electron chi connectivity index (χ4n) is 4.71. The minimum atomic E-state index is -1.28. The fraction of sp³-hybridized carbons (Fsp3) is 0.118. The molecule has 1 saturated heterocycles. The van der Waals surface area contributed by atoms with Gasteiger partial charge in [-0.25, -0.2) is 14.4 Å². The van der Waals surface area contributed by atoms with Gasteiger partial charge in [0.2, 0.25) is 17.8 Å². The van der Waals surface area contributed by atoms with Crippen LogP contribution >= 0.6 is 0 Å². The molecule has 0 atom stereocenters. The van der Waals surface area contributed by atoms with Crippen molar-refractivity contribution in [2.75, 3.05) is 41.8 Å². The molecule has 1 aliphatic heterocycles. The summed E-state index contributed by atoms with van der Waals surface area (Å²) in [4.78, 5) is 49.8. The lowest BCUT2D eigenvalue weighted by Gasteiger charge is -2.27. The molecular formula is C34H28N10O7. The topological polar surface area (TPSA) is 237 Å². The van der Waals surface area contributed by atoms with Crippen molar-refractivity contribution < 1.29 is 34.4 Å². The first-order valence-electron chi connectivity index (χ1n) is 15.3. The molecule has 17 heteroatoms. The second kappa shape index (κ2) is 15.4. The molecule has 0 bridgehead atoms. The van der Waals surface area contributed by atoms with E-state index in [9.17, 15) is 29.7 Å². The predicted octanol–water partition coefficient (Wildman–Crippen LogP) is 7.12. The number of anilines is 5. The molecule has 0 amide bonds. The van der Waals surface area contributed by atoms with Crippen LogP contribution in [0.15, 0.2) is 111 Å². The smallest absolute Gasteiger partial charge is 0.335 e. The van der Waals surface area contributed by atoms with Gasteiger partial charge in [0, 0.05) is 24.5 Å². The summed E-state index contributed by atoms with van der Waals surface area (Å²) >= 11 is 0. The minimum Gasteiger partial charge on any atom is -0.478 e. The molecule has 17 nitrogen and oxygen atoms in total. The van der Waals surface area contributed by atoms with Crippen molar-refractivity contribution in [1.29, 1.82) is 0 Å². The quantitative estimate of drug-likeness (QED) is 0.0822. The van der Waals surface area contributed by atoms with Gasteiger partial charge in [-0.1, -0.05) is 6.07 Å². The molecule has 5 aromatic rings. The minimum absolute atomic E-state index is 0.0812. The van der Waals surface area contributed by atoms with Crippen LogP contribution in [-0.4, -0.2) is 74.5 Å². The van der Waals surface area contributed by atoms with Crippen LogP contribution in [0.5, 0.6) is 0 Å². The molecule has 0 spiro atoms. The highest BCUT2D eigenvalue weighted by Crippen LogP contribution is 2.26. The Morgan fingerprint density at radius 3 is 1.55 bits per heavy atom. The number of aromatic nitrogens is 3. The van der Waals surface area contributed by atoms with Gasteiger partial charge in [0.15, 0.2) is 0 Å². The first-order valence-corrected chi connectivity index (χ1v) is 15.3. The Bertz CT molecular complexity index is 2100. The standard InChI is InChI=1S/C34H28N10O7/c45-29(46)20-2-1-3-27(17-20)42-40-25-8-4-23(5-9-25)35-32-37-33(39-34(38-32)44-12-14-51-15-13-44)36-24-6-10-26(11-7-24)41-43-28-18-21(30(47)48)16-22(19-28)31(49)50/h1-11,16-19H,12-15H2,(H,45,46)(H,47,48)(H,49,50)(H2,35,36,37,38,39). The summed E-state index contributed by atoms with van der Waals surface area (Å²) in [5.41, 5.74) is 2.47. The summed E-state index contributed by atoms with van der Waals surface area (Å²) in [6.45, 7) is 2.26. The van der Waals surface area contributed by atoms with Gasteiger partial charge in [0.25, 0.3) is 0 Å². The van der Waals surface area contributed by atoms with Crippen molar-refractivity contribution in [2.45, 2.75) is 0 Å². The van der Waals surface area contributed by atoms with Gasteiger partial charge in [-0.3, -0.25) is 0 Å². The summed E-state index contributed by atoms with van der Waals surface area (Å²) < 4.78 is 5.48. The lowest BCUT2D eigenvalue weighted by Crippen LogP contribution is -2.37. The first-order chi connectivity index (χ1) is 24.7. The summed E-state index contributed by atoms with van der Waals surface area (Å²) in [5.74, 6) is -2.61. The number of azo groups is 2. The van der Waals surface area contributed by atoms with E-state index in [1.54, 1.807) is 60.7 Å².